The zero-order chi connectivity index (χ0) is 18.7. The molecule has 25 heavy (non-hydrogen) atoms. The Bertz CT molecular complexity index is 587. The molecule has 7 heteroatoms. The molecule has 1 aromatic rings. The van der Waals surface area contributed by atoms with Gasteiger partial charge < -0.3 is 9.16 Å². The number of hydrogen-bond acceptors (Lipinski definition) is 4. The second kappa shape index (κ2) is 10.8. The van der Waals surface area contributed by atoms with Crippen LogP contribution in [-0.2, 0) is 4.43 Å². The van der Waals surface area contributed by atoms with E-state index in [4.69, 9.17) is 9.16 Å². The molecule has 0 aromatic heterocycles. The van der Waals surface area contributed by atoms with Crippen LogP contribution in [0.3, 0.4) is 0 Å². The molecule has 2 amide bonds. The molecule has 0 N–H and O–H groups in total. The molecular formula is C18H28N2O4Si. The van der Waals surface area contributed by atoms with Crippen molar-refractivity contribution in [1.82, 2.24) is 0 Å². The van der Waals surface area contributed by atoms with Crippen LogP contribution in [0.5, 0.6) is 5.75 Å². The van der Waals surface area contributed by atoms with E-state index in [-0.39, 0.29) is 0 Å². The monoisotopic (exact) mass is 364 g/mol. The fraction of sp³-hybridized carbons (Fsp3) is 0.556. The Morgan fingerprint density at radius 3 is 1.96 bits per heavy atom. The van der Waals surface area contributed by atoms with E-state index in [9.17, 15) is 9.59 Å². The molecule has 0 fully saturated rings. The number of hydrogen-bond donors (Lipinski definition) is 0. The van der Waals surface area contributed by atoms with E-state index >= 15 is 0 Å². The summed E-state index contributed by atoms with van der Waals surface area (Å²) >= 11 is 0. The maximum Gasteiger partial charge on any atom is 0.458 e. The Kier molecular flexibility index (Phi) is 9.05. The minimum Gasteiger partial charge on any atom is -0.501 e. The van der Waals surface area contributed by atoms with Crippen molar-refractivity contribution in [2.45, 2.75) is 65.1 Å². The lowest BCUT2D eigenvalue weighted by Crippen LogP contribution is -2.39. The number of rotatable bonds is 8. The van der Waals surface area contributed by atoms with Crippen molar-refractivity contribution < 1.29 is 18.8 Å². The predicted molar refractivity (Wildman–Crippen MR) is 99.6 cm³/mol. The lowest BCUT2D eigenvalue weighted by Gasteiger charge is -2.29. The van der Waals surface area contributed by atoms with E-state index in [1.807, 2.05) is 19.1 Å². The van der Waals surface area contributed by atoms with Crippen LogP contribution in [0.25, 0.3) is 0 Å². The third kappa shape index (κ3) is 7.17. The molecule has 0 heterocycles. The number of carbonyl (C=O) groups excluding carboxylic acids is 2. The Morgan fingerprint density at radius 1 is 0.920 bits per heavy atom. The van der Waals surface area contributed by atoms with Crippen molar-refractivity contribution in [3.05, 3.63) is 29.8 Å². The molecule has 138 valence electrons. The number of aryl methyl sites for hydroxylation is 1. The summed E-state index contributed by atoms with van der Waals surface area (Å²) < 4.78 is 10.8. The largest absolute Gasteiger partial charge is 0.501 e. The first-order chi connectivity index (χ1) is 12.0. The van der Waals surface area contributed by atoms with Crippen LogP contribution < -0.4 is 4.74 Å². The smallest absolute Gasteiger partial charge is 0.458 e. The van der Waals surface area contributed by atoms with Gasteiger partial charge in [-0.05, 0) is 36.7 Å². The van der Waals surface area contributed by atoms with Gasteiger partial charge in [-0.2, -0.15) is 0 Å². The van der Waals surface area contributed by atoms with Crippen LogP contribution in [0.15, 0.2) is 34.5 Å². The molecule has 6 nitrogen and oxygen atoms in total. The number of azo groups is 1. The fourth-order valence-electron chi connectivity index (χ4n) is 2.97. The maximum atomic E-state index is 12.1. The molecule has 0 saturated carbocycles. The van der Waals surface area contributed by atoms with Gasteiger partial charge in [-0.15, -0.1) is 0 Å². The normalized spacial score (nSPS) is 11.5. The summed E-state index contributed by atoms with van der Waals surface area (Å²) in [5.74, 6) is 0.395. The van der Waals surface area contributed by atoms with Crippen LogP contribution in [0.2, 0.25) is 18.1 Å². The second-order valence-corrected chi connectivity index (χ2v) is 10.2. The fourth-order valence-corrected chi connectivity index (χ4v) is 7.17. The number of amides is 2. The van der Waals surface area contributed by atoms with Crippen molar-refractivity contribution in [2.24, 2.45) is 10.2 Å². The Balaban J connectivity index is 2.70. The number of nitrogens with zero attached hydrogens (tertiary/aromatic N) is 2. The number of para-hydroxylation sites is 1. The van der Waals surface area contributed by atoms with Gasteiger partial charge in [-0.25, -0.2) is 9.59 Å². The van der Waals surface area contributed by atoms with Crippen molar-refractivity contribution in [1.29, 1.82) is 0 Å². The molecule has 0 radical (unpaired) electrons. The van der Waals surface area contributed by atoms with Gasteiger partial charge in [0, 0.05) is 0 Å². The van der Waals surface area contributed by atoms with E-state index in [0.717, 1.165) is 43.0 Å². The summed E-state index contributed by atoms with van der Waals surface area (Å²) in [6.45, 7) is 8.07. The Hall–Kier alpha value is -2.02. The van der Waals surface area contributed by atoms with Crippen molar-refractivity contribution >= 4 is 20.5 Å². The SMILES string of the molecule is CCC[Si](CCC)(CCC)OC(=O)N=NC(=O)Oc1ccccc1C. The van der Waals surface area contributed by atoms with Gasteiger partial charge in [0.1, 0.15) is 5.75 Å². The standard InChI is InChI=1S/C18H28N2O4Si/c1-5-12-25(13-6-2,14-7-3)24-18(22)20-19-17(21)23-16-11-9-8-10-15(16)4/h8-11H,5-7,12-14H2,1-4H3. The molecule has 0 aliphatic heterocycles. The highest BCUT2D eigenvalue weighted by atomic mass is 28.4. The highest BCUT2D eigenvalue weighted by Crippen LogP contribution is 2.28. The molecule has 0 aliphatic rings. The van der Waals surface area contributed by atoms with E-state index in [1.54, 1.807) is 12.1 Å². The number of ether oxygens (including phenoxy) is 1. The van der Waals surface area contributed by atoms with Gasteiger partial charge in [-0.3, -0.25) is 0 Å². The summed E-state index contributed by atoms with van der Waals surface area (Å²) in [5, 5.41) is 6.74. The summed E-state index contributed by atoms with van der Waals surface area (Å²) in [5.41, 5.74) is 0.800. The van der Waals surface area contributed by atoms with Gasteiger partial charge in [0.2, 0.25) is 0 Å². The van der Waals surface area contributed by atoms with Gasteiger partial charge in [0.05, 0.1) is 0 Å². The van der Waals surface area contributed by atoms with Gasteiger partial charge in [0.15, 0.2) is 0 Å². The van der Waals surface area contributed by atoms with E-state index < -0.39 is 20.5 Å². The van der Waals surface area contributed by atoms with Crippen molar-refractivity contribution in [2.75, 3.05) is 0 Å². The first-order valence-corrected chi connectivity index (χ1v) is 11.4. The Morgan fingerprint density at radius 2 is 1.44 bits per heavy atom. The third-order valence-electron chi connectivity index (χ3n) is 3.92. The van der Waals surface area contributed by atoms with Crippen LogP contribution in [0, 0.1) is 6.92 Å². The van der Waals surface area contributed by atoms with Crippen LogP contribution >= 0.6 is 0 Å². The van der Waals surface area contributed by atoms with E-state index in [2.05, 4.69) is 31.0 Å². The Labute approximate surface area is 150 Å². The molecule has 1 rings (SSSR count). The maximum absolute atomic E-state index is 12.1. The summed E-state index contributed by atoms with van der Waals surface area (Å²) in [4.78, 5) is 23.8. The lowest BCUT2D eigenvalue weighted by atomic mass is 10.2. The molecule has 0 atom stereocenters. The van der Waals surface area contributed by atoms with Crippen LogP contribution in [-0.4, -0.2) is 20.5 Å². The molecular weight excluding hydrogens is 336 g/mol. The average molecular weight is 365 g/mol. The van der Waals surface area contributed by atoms with Crippen LogP contribution in [0.1, 0.15) is 45.6 Å². The zero-order valence-electron chi connectivity index (χ0n) is 15.6. The van der Waals surface area contributed by atoms with E-state index in [0.29, 0.717) is 5.75 Å². The minimum absolute atomic E-state index is 0.395. The van der Waals surface area contributed by atoms with Crippen molar-refractivity contribution in [3.8, 4) is 5.75 Å². The van der Waals surface area contributed by atoms with Crippen LogP contribution in [0.4, 0.5) is 9.59 Å². The molecule has 0 bridgehead atoms. The summed E-state index contributed by atoms with van der Waals surface area (Å²) in [7, 11) is -2.17. The molecule has 1 aromatic carbocycles. The summed E-state index contributed by atoms with van der Waals surface area (Å²) in [6, 6.07) is 9.78. The van der Waals surface area contributed by atoms with Gasteiger partial charge in [-0.1, -0.05) is 68.5 Å². The number of carbonyl (C=O) groups is 2. The van der Waals surface area contributed by atoms with Gasteiger partial charge in [0.25, 0.3) is 8.32 Å². The second-order valence-electron chi connectivity index (χ2n) is 6.13. The quantitative estimate of drug-likeness (QED) is 0.403. The average Bonchev–Trinajstić information content (AvgIpc) is 2.56. The molecule has 0 aliphatic carbocycles. The van der Waals surface area contributed by atoms with E-state index in [1.165, 1.54) is 0 Å². The minimum atomic E-state index is -2.17. The molecule has 0 unspecified atom stereocenters. The number of benzene rings is 1. The topological polar surface area (TPSA) is 77.3 Å². The first kappa shape index (κ1) is 21.0. The summed E-state index contributed by atoms with van der Waals surface area (Å²) in [6.07, 6.45) is 1.17. The van der Waals surface area contributed by atoms with Crippen molar-refractivity contribution in [3.63, 3.8) is 0 Å². The first-order valence-electron chi connectivity index (χ1n) is 8.88. The lowest BCUT2D eigenvalue weighted by molar-refractivity contribution is 0.198. The van der Waals surface area contributed by atoms with Gasteiger partial charge >= 0.3 is 12.2 Å². The highest BCUT2D eigenvalue weighted by Gasteiger charge is 2.36. The highest BCUT2D eigenvalue weighted by molar-refractivity contribution is 6.75. The molecule has 0 spiro atoms. The zero-order valence-corrected chi connectivity index (χ0v) is 16.6. The third-order valence-corrected chi connectivity index (χ3v) is 8.77. The molecule has 0 saturated heterocycles. The predicted octanol–water partition coefficient (Wildman–Crippen LogP) is 6.26.